The number of aliphatic imine (C=N–C) groups is 1. The normalized spacial score (nSPS) is 15.1. The van der Waals surface area contributed by atoms with Gasteiger partial charge < -0.3 is 5.32 Å². The second-order valence-electron chi connectivity index (χ2n) is 3.00. The fraction of sp³-hybridized carbons (Fsp3) is 0.222. The first-order valence-corrected chi connectivity index (χ1v) is 5.35. The third-order valence-electron chi connectivity index (χ3n) is 1.93. The molecule has 0 spiro atoms. The molecule has 0 saturated carbocycles. The van der Waals surface area contributed by atoms with Crippen LogP contribution in [0.3, 0.4) is 0 Å². The van der Waals surface area contributed by atoms with Gasteiger partial charge in [-0.2, -0.15) is 0 Å². The zero-order valence-corrected chi connectivity index (χ0v) is 8.68. The first kappa shape index (κ1) is 11.3. The van der Waals surface area contributed by atoms with E-state index in [1.54, 1.807) is 0 Å². The largest absolute Gasteiger partial charge is 0.330 e. The molecule has 16 heavy (non-hydrogen) atoms. The molecule has 0 saturated heterocycles. The number of nitrogens with zero attached hydrogens (tertiary/aromatic N) is 1. The van der Waals surface area contributed by atoms with E-state index in [4.69, 9.17) is 0 Å². The van der Waals surface area contributed by atoms with Crippen LogP contribution in [-0.2, 0) is 0 Å². The lowest BCUT2D eigenvalue weighted by Gasteiger charge is -2.08. The third kappa shape index (κ3) is 1.99. The molecule has 0 aromatic heterocycles. The van der Waals surface area contributed by atoms with Crippen LogP contribution < -0.4 is 5.32 Å². The van der Waals surface area contributed by atoms with Crippen molar-refractivity contribution in [2.24, 2.45) is 4.99 Å². The highest BCUT2D eigenvalue weighted by molar-refractivity contribution is 8.14. The van der Waals surface area contributed by atoms with Crippen LogP contribution in [0.5, 0.6) is 0 Å². The van der Waals surface area contributed by atoms with Gasteiger partial charge in [-0.1, -0.05) is 11.8 Å². The molecule has 1 aliphatic heterocycles. The van der Waals surface area contributed by atoms with E-state index in [1.807, 2.05) is 0 Å². The summed E-state index contributed by atoms with van der Waals surface area (Å²) in [5.74, 6) is -5.11. The molecule has 7 heteroatoms. The first-order valence-electron chi connectivity index (χ1n) is 4.37. The van der Waals surface area contributed by atoms with Crippen molar-refractivity contribution in [3.05, 3.63) is 29.3 Å². The van der Waals surface area contributed by atoms with Crippen LogP contribution in [0.2, 0.25) is 0 Å². The number of thioether (sulfide) groups is 1. The topological polar surface area (TPSA) is 24.4 Å². The molecule has 1 aromatic rings. The Bertz CT molecular complexity index is 435. The van der Waals surface area contributed by atoms with E-state index in [2.05, 4.69) is 10.3 Å². The Labute approximate surface area is 92.8 Å². The van der Waals surface area contributed by atoms with Crippen LogP contribution in [0.15, 0.2) is 11.1 Å². The van der Waals surface area contributed by atoms with Crippen molar-refractivity contribution < 1.29 is 17.6 Å². The number of hydrogen-bond donors (Lipinski definition) is 1. The summed E-state index contributed by atoms with van der Waals surface area (Å²) in [6.07, 6.45) is 0. The molecule has 0 unspecified atom stereocenters. The molecule has 0 bridgehead atoms. The molecule has 2 nitrogen and oxygen atoms in total. The van der Waals surface area contributed by atoms with Gasteiger partial charge in [-0.3, -0.25) is 4.99 Å². The number of halogens is 4. The predicted molar refractivity (Wildman–Crippen MR) is 54.7 cm³/mol. The van der Waals surface area contributed by atoms with Gasteiger partial charge in [-0.15, -0.1) is 0 Å². The van der Waals surface area contributed by atoms with E-state index in [1.165, 1.54) is 11.8 Å². The molecule has 1 N–H and O–H groups in total. The van der Waals surface area contributed by atoms with Crippen molar-refractivity contribution in [2.45, 2.75) is 0 Å². The monoisotopic (exact) mass is 250 g/mol. The van der Waals surface area contributed by atoms with Crippen molar-refractivity contribution in [1.82, 2.24) is 0 Å². The molecule has 1 aliphatic rings. The lowest BCUT2D eigenvalue weighted by Crippen LogP contribution is -2.11. The molecule has 0 amide bonds. The third-order valence-corrected chi connectivity index (χ3v) is 2.82. The molecule has 0 atom stereocenters. The maximum absolute atomic E-state index is 13.2. The van der Waals surface area contributed by atoms with Gasteiger partial charge in [-0.05, 0) is 0 Å². The van der Waals surface area contributed by atoms with Gasteiger partial charge in [0.25, 0.3) is 0 Å². The zero-order valence-electron chi connectivity index (χ0n) is 7.86. The predicted octanol–water partition coefficient (Wildman–Crippen LogP) is 2.76. The average molecular weight is 250 g/mol. The highest BCUT2D eigenvalue weighted by Crippen LogP contribution is 2.26. The minimum absolute atomic E-state index is 0.166. The fourth-order valence-electron chi connectivity index (χ4n) is 1.20. The minimum atomic E-state index is -1.45. The van der Waals surface area contributed by atoms with E-state index in [9.17, 15) is 17.6 Å². The molecule has 1 heterocycles. The van der Waals surface area contributed by atoms with Gasteiger partial charge in [-0.25, -0.2) is 17.6 Å². The Balaban J connectivity index is 2.38. The van der Waals surface area contributed by atoms with Gasteiger partial charge in [0.2, 0.25) is 0 Å². The SMILES string of the molecule is Fc1cc(F)c(F)c(NC2=NCCS2)c1F. The Morgan fingerprint density at radius 3 is 2.25 bits per heavy atom. The Hall–Kier alpha value is -1.24. The Morgan fingerprint density at radius 2 is 1.75 bits per heavy atom. The van der Waals surface area contributed by atoms with Gasteiger partial charge in [0.15, 0.2) is 28.4 Å². The van der Waals surface area contributed by atoms with E-state index >= 15 is 0 Å². The number of hydrogen-bond acceptors (Lipinski definition) is 3. The highest BCUT2D eigenvalue weighted by atomic mass is 32.2. The lowest BCUT2D eigenvalue weighted by atomic mass is 10.2. The molecule has 1 aromatic carbocycles. The summed E-state index contributed by atoms with van der Waals surface area (Å²) < 4.78 is 52.0. The summed E-state index contributed by atoms with van der Waals surface area (Å²) >= 11 is 1.23. The van der Waals surface area contributed by atoms with E-state index in [-0.39, 0.29) is 11.2 Å². The first-order chi connectivity index (χ1) is 7.59. The van der Waals surface area contributed by atoms with Crippen LogP contribution >= 0.6 is 11.8 Å². The van der Waals surface area contributed by atoms with E-state index in [0.29, 0.717) is 12.3 Å². The number of anilines is 1. The van der Waals surface area contributed by atoms with Crippen LogP contribution in [0.1, 0.15) is 0 Å². The Morgan fingerprint density at radius 1 is 1.12 bits per heavy atom. The van der Waals surface area contributed by atoms with Crippen molar-refractivity contribution in [1.29, 1.82) is 0 Å². The summed E-state index contributed by atoms with van der Waals surface area (Å²) in [7, 11) is 0. The molecule has 0 aliphatic carbocycles. The van der Waals surface area contributed by atoms with Gasteiger partial charge in [0, 0.05) is 11.8 Å². The standard InChI is InChI=1S/C9H6F4N2S/c10-4-3-5(11)7(13)8(6(4)12)15-9-14-1-2-16-9/h3H,1-2H2,(H,14,15). The number of benzene rings is 1. The lowest BCUT2D eigenvalue weighted by molar-refractivity contribution is 0.459. The number of amidine groups is 1. The van der Waals surface area contributed by atoms with Gasteiger partial charge in [0.1, 0.15) is 5.69 Å². The maximum Gasteiger partial charge on any atom is 0.185 e. The zero-order chi connectivity index (χ0) is 11.7. The summed E-state index contributed by atoms with van der Waals surface area (Å²) in [5.41, 5.74) is -0.842. The summed E-state index contributed by atoms with van der Waals surface area (Å²) in [5, 5.41) is 2.49. The highest BCUT2D eigenvalue weighted by Gasteiger charge is 2.21. The second kappa shape index (κ2) is 4.32. The quantitative estimate of drug-likeness (QED) is 0.612. The Kier molecular flexibility index (Phi) is 3.04. The molecular formula is C9H6F4N2S. The molecule has 86 valence electrons. The fourth-order valence-corrected chi connectivity index (χ4v) is 1.93. The number of nitrogens with one attached hydrogen (secondary N) is 1. The van der Waals surface area contributed by atoms with Crippen LogP contribution in [0.4, 0.5) is 23.2 Å². The summed E-state index contributed by atoms with van der Waals surface area (Å²) in [6.45, 7) is 0.508. The molecule has 0 radical (unpaired) electrons. The van der Waals surface area contributed by atoms with Crippen LogP contribution in [-0.4, -0.2) is 17.5 Å². The average Bonchev–Trinajstić information content (AvgIpc) is 2.74. The maximum atomic E-state index is 13.2. The van der Waals surface area contributed by atoms with Crippen LogP contribution in [0, 0.1) is 23.3 Å². The summed E-state index contributed by atoms with van der Waals surface area (Å²) in [4.78, 5) is 3.86. The van der Waals surface area contributed by atoms with E-state index in [0.717, 1.165) is 0 Å². The minimum Gasteiger partial charge on any atom is -0.330 e. The summed E-state index contributed by atoms with van der Waals surface area (Å²) in [6, 6.07) is 0.166. The van der Waals surface area contributed by atoms with Gasteiger partial charge >= 0.3 is 0 Å². The molecule has 0 fully saturated rings. The molecule has 2 rings (SSSR count). The van der Waals surface area contributed by atoms with Crippen molar-refractivity contribution in [3.8, 4) is 0 Å². The van der Waals surface area contributed by atoms with Crippen LogP contribution in [0.25, 0.3) is 0 Å². The van der Waals surface area contributed by atoms with E-state index < -0.39 is 29.0 Å². The van der Waals surface area contributed by atoms with Crippen molar-refractivity contribution in [3.63, 3.8) is 0 Å². The van der Waals surface area contributed by atoms with Gasteiger partial charge in [0.05, 0.1) is 6.54 Å². The molecular weight excluding hydrogens is 244 g/mol. The van der Waals surface area contributed by atoms with Crippen molar-refractivity contribution >= 4 is 22.6 Å². The number of rotatable bonds is 1. The van der Waals surface area contributed by atoms with Crippen molar-refractivity contribution in [2.75, 3.05) is 17.6 Å². The smallest absolute Gasteiger partial charge is 0.185 e. The second-order valence-corrected chi connectivity index (χ2v) is 4.09.